The molecule has 2 nitrogen and oxygen atoms in total. The number of rotatable bonds is 2. The van der Waals surface area contributed by atoms with Crippen molar-refractivity contribution < 1.29 is 5.94 Å². The predicted molar refractivity (Wildman–Crippen MR) is 94.6 cm³/mol. The van der Waals surface area contributed by atoms with Gasteiger partial charge in [0.25, 0.3) is 5.82 Å². The topological polar surface area (TPSA) is 8.81 Å². The zero-order valence-corrected chi connectivity index (χ0v) is 13.7. The molecule has 3 aromatic rings. The summed E-state index contributed by atoms with van der Waals surface area (Å²) >= 11 is 0. The Morgan fingerprint density at radius 1 is 1.00 bits per heavy atom. The number of fused-ring (bicyclic) bond motifs is 1. The molecule has 4 rings (SSSR count). The second kappa shape index (κ2) is 5.24. The van der Waals surface area contributed by atoms with Gasteiger partial charge in [-0.1, -0.05) is 43.3 Å². The number of hydrogen-bond acceptors (Lipinski definition) is 0. The van der Waals surface area contributed by atoms with Gasteiger partial charge in [0.05, 0.1) is 11.8 Å². The van der Waals surface area contributed by atoms with Crippen LogP contribution in [0.3, 0.4) is 0 Å². The monoisotopic (exact) mass is 302 g/mol. The van der Waals surface area contributed by atoms with E-state index >= 15 is 0 Å². The minimum atomic E-state index is -0.707. The molecule has 0 fully saturated rings. The summed E-state index contributed by atoms with van der Waals surface area (Å²) in [5, 5.41) is 0. The number of para-hydroxylation sites is 1. The molecule has 2 heterocycles. The highest BCUT2D eigenvalue weighted by Crippen LogP contribution is 2.33. The lowest BCUT2D eigenvalue weighted by Gasteiger charge is -2.07. The number of allylic oxidation sites excluding steroid dienone is 1. The highest BCUT2D eigenvalue weighted by atomic mass is 15.2. The second-order valence-corrected chi connectivity index (χ2v) is 6.11. The van der Waals surface area contributed by atoms with E-state index in [0.29, 0.717) is 0 Å². The largest absolute Gasteiger partial charge is 0.299 e. The average molecular weight is 302 g/mol. The highest BCUT2D eigenvalue weighted by molar-refractivity contribution is 5.60. The van der Waals surface area contributed by atoms with Crippen LogP contribution in [0.1, 0.15) is 31.1 Å². The van der Waals surface area contributed by atoms with Crippen molar-refractivity contribution in [2.45, 2.75) is 26.7 Å². The van der Waals surface area contributed by atoms with Crippen molar-refractivity contribution in [3.05, 3.63) is 77.6 Å². The number of nitrogens with zero attached hydrogens (tertiary/aromatic N) is 2. The minimum Gasteiger partial charge on any atom is -0.199 e. The molecule has 1 aromatic heterocycles. The van der Waals surface area contributed by atoms with E-state index in [1.807, 2.05) is 25.3 Å². The summed E-state index contributed by atoms with van der Waals surface area (Å²) < 4.78 is 13.1. The first-order valence-corrected chi connectivity index (χ1v) is 7.99. The second-order valence-electron chi connectivity index (χ2n) is 6.11. The molecule has 114 valence electrons. The zero-order valence-electron chi connectivity index (χ0n) is 14.7. The lowest BCUT2D eigenvalue weighted by Crippen LogP contribution is -2.36. The van der Waals surface area contributed by atoms with E-state index in [0.717, 1.165) is 22.8 Å². The van der Waals surface area contributed by atoms with Gasteiger partial charge in [-0.25, -0.2) is 0 Å². The van der Waals surface area contributed by atoms with Crippen LogP contribution in [0.25, 0.3) is 23.3 Å². The Bertz CT molecular complexity index is 949. The van der Waals surface area contributed by atoms with Crippen LogP contribution < -0.4 is 4.57 Å². The van der Waals surface area contributed by atoms with Crippen LogP contribution in [0.2, 0.25) is 0 Å². The maximum absolute atomic E-state index is 8.68. The third kappa shape index (κ3) is 2.06. The van der Waals surface area contributed by atoms with Gasteiger partial charge in [-0.05, 0) is 36.8 Å². The lowest BCUT2D eigenvalue weighted by atomic mass is 10.1. The summed E-state index contributed by atoms with van der Waals surface area (Å²) in [5.74, 6) is 0.395. The lowest BCUT2D eigenvalue weighted by molar-refractivity contribution is -0.590. The van der Waals surface area contributed by atoms with Crippen molar-refractivity contribution in [3.63, 3.8) is 0 Å². The number of aromatic nitrogens is 2. The summed E-state index contributed by atoms with van der Waals surface area (Å²) in [6.45, 7) is 6.20. The van der Waals surface area contributed by atoms with Gasteiger partial charge in [-0.2, -0.15) is 9.13 Å². The van der Waals surface area contributed by atoms with Gasteiger partial charge in [0, 0.05) is 14.2 Å². The van der Waals surface area contributed by atoms with E-state index in [-0.39, 0.29) is 0 Å². The minimum absolute atomic E-state index is 0.707. The van der Waals surface area contributed by atoms with Crippen LogP contribution in [-0.4, -0.2) is 4.57 Å². The summed E-state index contributed by atoms with van der Waals surface area (Å²) in [5.41, 5.74) is 5.69. The molecule has 0 amide bonds. The number of hydrogen-bond donors (Lipinski definition) is 0. The molecule has 0 N–H and O–H groups in total. The van der Waals surface area contributed by atoms with E-state index in [1.165, 1.54) is 11.3 Å². The SMILES string of the molecule is [2H]C1(C)C=Cn2c1c(C)[n+](-c1ccccc1C)c2-c1ccccc1. The first-order valence-electron chi connectivity index (χ1n) is 8.49. The Kier molecular flexibility index (Phi) is 2.93. The maximum atomic E-state index is 8.68. The van der Waals surface area contributed by atoms with Crippen molar-refractivity contribution >= 4 is 6.20 Å². The van der Waals surface area contributed by atoms with Crippen LogP contribution >= 0.6 is 0 Å². The Balaban J connectivity index is 2.11. The van der Waals surface area contributed by atoms with Gasteiger partial charge in [-0.3, -0.25) is 0 Å². The van der Waals surface area contributed by atoms with Crippen LogP contribution in [0.5, 0.6) is 0 Å². The van der Waals surface area contributed by atoms with Crippen molar-refractivity contribution in [2.24, 2.45) is 0 Å². The molecule has 0 saturated carbocycles. The van der Waals surface area contributed by atoms with E-state index in [1.54, 1.807) is 0 Å². The summed E-state index contributed by atoms with van der Waals surface area (Å²) in [6, 6.07) is 18.8. The Labute approximate surface area is 138 Å². The molecule has 23 heavy (non-hydrogen) atoms. The summed E-state index contributed by atoms with van der Waals surface area (Å²) in [7, 11) is 0. The summed E-state index contributed by atoms with van der Waals surface area (Å²) in [4.78, 5) is 0. The standard InChI is InChI=1S/C21H21N2/c1-15-9-7-8-12-19(15)23-17(3)20-16(2)13-14-22(20)21(23)18-10-5-4-6-11-18/h4-14,16H,1-3H3/q+1/i16D. The fourth-order valence-electron chi connectivity index (χ4n) is 3.50. The number of aryl methyl sites for hydroxylation is 1. The molecule has 2 heteroatoms. The molecule has 1 aliphatic rings. The van der Waals surface area contributed by atoms with Gasteiger partial charge in [0.2, 0.25) is 0 Å². The first-order chi connectivity index (χ1) is 11.5. The maximum Gasteiger partial charge on any atom is 0.299 e. The molecule has 1 unspecified atom stereocenters. The van der Waals surface area contributed by atoms with E-state index in [2.05, 4.69) is 71.5 Å². The first kappa shape index (κ1) is 12.9. The van der Waals surface area contributed by atoms with Crippen LogP contribution in [0.4, 0.5) is 0 Å². The van der Waals surface area contributed by atoms with Crippen LogP contribution in [0, 0.1) is 13.8 Å². The molecule has 0 aliphatic carbocycles. The normalized spacial score (nSPS) is 19.7. The molecule has 1 aliphatic heterocycles. The van der Waals surface area contributed by atoms with Crippen LogP contribution in [-0.2, 0) is 0 Å². The Morgan fingerprint density at radius 2 is 1.70 bits per heavy atom. The molecule has 0 bridgehead atoms. The molecule has 2 aromatic carbocycles. The van der Waals surface area contributed by atoms with Gasteiger partial charge in [0.1, 0.15) is 11.4 Å². The highest BCUT2D eigenvalue weighted by Gasteiger charge is 2.34. The average Bonchev–Trinajstić information content (AvgIpc) is 3.04. The van der Waals surface area contributed by atoms with Crippen molar-refractivity contribution in [3.8, 4) is 17.1 Å². The fourth-order valence-corrected chi connectivity index (χ4v) is 3.50. The van der Waals surface area contributed by atoms with E-state index in [9.17, 15) is 0 Å². The van der Waals surface area contributed by atoms with Crippen molar-refractivity contribution in [1.82, 2.24) is 4.57 Å². The zero-order chi connectivity index (χ0) is 16.9. The van der Waals surface area contributed by atoms with Crippen molar-refractivity contribution in [2.75, 3.05) is 0 Å². The van der Waals surface area contributed by atoms with Gasteiger partial charge in [0.15, 0.2) is 5.69 Å². The predicted octanol–water partition coefficient (Wildman–Crippen LogP) is 4.64. The van der Waals surface area contributed by atoms with Crippen LogP contribution in [0.15, 0.2) is 60.7 Å². The Hall–Kier alpha value is -2.61. The Morgan fingerprint density at radius 3 is 2.43 bits per heavy atom. The summed E-state index contributed by atoms with van der Waals surface area (Å²) in [6.07, 6.45) is 4.00. The van der Waals surface area contributed by atoms with E-state index < -0.39 is 5.89 Å². The molecule has 1 atom stereocenters. The quantitative estimate of drug-likeness (QED) is 0.610. The molecular weight excluding hydrogens is 280 g/mol. The van der Waals surface area contributed by atoms with Gasteiger partial charge in [-0.15, -0.1) is 0 Å². The van der Waals surface area contributed by atoms with Crippen molar-refractivity contribution in [1.29, 1.82) is 0 Å². The van der Waals surface area contributed by atoms with Gasteiger partial charge < -0.3 is 0 Å². The molecule has 0 saturated heterocycles. The third-order valence-corrected chi connectivity index (χ3v) is 4.59. The number of benzene rings is 2. The number of imidazole rings is 1. The fraction of sp³-hybridized carbons (Fsp3) is 0.190. The molecular formula is C21H21N2+. The molecule has 0 radical (unpaired) electrons. The molecule has 0 spiro atoms. The third-order valence-electron chi connectivity index (χ3n) is 4.59. The van der Waals surface area contributed by atoms with E-state index in [4.69, 9.17) is 1.37 Å². The van der Waals surface area contributed by atoms with Gasteiger partial charge >= 0.3 is 0 Å². The smallest absolute Gasteiger partial charge is 0.199 e.